The number of fused-ring (bicyclic) bond motifs is 1. The number of aryl methyl sites for hydroxylation is 1. The molecule has 0 aliphatic carbocycles. The van der Waals surface area contributed by atoms with Crippen LogP contribution in [0.5, 0.6) is 0 Å². The topological polar surface area (TPSA) is 97.4 Å². The van der Waals surface area contributed by atoms with Gasteiger partial charge in [-0.15, -0.1) is 0 Å². The maximum Gasteiger partial charge on any atom is 0.269 e. The number of hydrogen-bond donors (Lipinski definition) is 2. The second kappa shape index (κ2) is 7.37. The van der Waals surface area contributed by atoms with Gasteiger partial charge in [-0.25, -0.2) is 0 Å². The number of carbonyl (C=O) groups is 1. The van der Waals surface area contributed by atoms with Crippen molar-refractivity contribution in [3.8, 4) is 0 Å². The minimum Gasteiger partial charge on any atom is -0.386 e. The fourth-order valence-corrected chi connectivity index (χ4v) is 2.94. The van der Waals surface area contributed by atoms with Crippen molar-refractivity contribution in [1.82, 2.24) is 9.88 Å². The number of amides is 1. The minimum absolute atomic E-state index is 0.0134. The Kier molecular flexibility index (Phi) is 4.99. The molecule has 2 N–H and O–H groups in total. The fourth-order valence-electron chi connectivity index (χ4n) is 2.94. The summed E-state index contributed by atoms with van der Waals surface area (Å²) in [6, 6.07) is 13.6. The van der Waals surface area contributed by atoms with Crippen LogP contribution in [0.25, 0.3) is 10.9 Å². The summed E-state index contributed by atoms with van der Waals surface area (Å²) < 4.78 is 1.94. The monoisotopic (exact) mass is 353 g/mol. The SMILES string of the molecule is Cn1cc(C(O)CNC(=O)Cc2ccc([N+](=O)[O-])cc2)c2ccccc21. The Balaban J connectivity index is 1.61. The van der Waals surface area contributed by atoms with E-state index in [4.69, 9.17) is 0 Å². The molecule has 0 aliphatic rings. The third-order valence-electron chi connectivity index (χ3n) is 4.29. The predicted molar refractivity (Wildman–Crippen MR) is 97.7 cm³/mol. The summed E-state index contributed by atoms with van der Waals surface area (Å²) in [6.45, 7) is 0.0970. The molecule has 1 aromatic heterocycles. The lowest BCUT2D eigenvalue weighted by Gasteiger charge is -2.11. The average Bonchev–Trinajstić information content (AvgIpc) is 2.97. The number of aliphatic hydroxyl groups is 1. The van der Waals surface area contributed by atoms with Crippen molar-refractivity contribution < 1.29 is 14.8 Å². The van der Waals surface area contributed by atoms with Gasteiger partial charge in [-0.05, 0) is 11.6 Å². The van der Waals surface area contributed by atoms with Gasteiger partial charge in [-0.2, -0.15) is 0 Å². The number of para-hydroxylation sites is 1. The highest BCUT2D eigenvalue weighted by Gasteiger charge is 2.15. The van der Waals surface area contributed by atoms with Gasteiger partial charge in [0.25, 0.3) is 5.69 Å². The zero-order valence-electron chi connectivity index (χ0n) is 14.3. The van der Waals surface area contributed by atoms with Gasteiger partial charge in [0.05, 0.1) is 17.4 Å². The largest absolute Gasteiger partial charge is 0.386 e. The number of nitro groups is 1. The van der Waals surface area contributed by atoms with Crippen LogP contribution in [0, 0.1) is 10.1 Å². The summed E-state index contributed by atoms with van der Waals surface area (Å²) in [4.78, 5) is 22.2. The number of benzene rings is 2. The summed E-state index contributed by atoms with van der Waals surface area (Å²) in [7, 11) is 1.91. The summed E-state index contributed by atoms with van der Waals surface area (Å²) in [5.41, 5.74) is 2.44. The van der Waals surface area contributed by atoms with E-state index in [1.807, 2.05) is 42.1 Å². The van der Waals surface area contributed by atoms with E-state index in [-0.39, 0.29) is 24.6 Å². The molecule has 134 valence electrons. The molecule has 3 aromatic rings. The standard InChI is InChI=1S/C19H19N3O4/c1-21-12-16(15-4-2-3-5-17(15)21)18(23)11-20-19(24)10-13-6-8-14(9-7-13)22(25)26/h2-9,12,18,23H,10-11H2,1H3,(H,20,24). The van der Waals surface area contributed by atoms with Gasteiger partial charge in [0, 0.05) is 48.4 Å². The van der Waals surface area contributed by atoms with Gasteiger partial charge in [0.1, 0.15) is 0 Å². The molecule has 0 aliphatic heterocycles. The van der Waals surface area contributed by atoms with Gasteiger partial charge in [0.15, 0.2) is 0 Å². The summed E-state index contributed by atoms with van der Waals surface area (Å²) in [6.07, 6.45) is 1.14. The molecule has 1 amide bonds. The van der Waals surface area contributed by atoms with Crippen molar-refractivity contribution in [2.24, 2.45) is 7.05 Å². The van der Waals surface area contributed by atoms with Crippen LogP contribution in [0.2, 0.25) is 0 Å². The van der Waals surface area contributed by atoms with Crippen LogP contribution in [0.3, 0.4) is 0 Å². The molecular formula is C19H19N3O4. The fraction of sp³-hybridized carbons (Fsp3) is 0.211. The molecule has 1 atom stereocenters. The molecule has 0 radical (unpaired) electrons. The molecule has 7 nitrogen and oxygen atoms in total. The zero-order valence-corrected chi connectivity index (χ0v) is 14.3. The first kappa shape index (κ1) is 17.6. The van der Waals surface area contributed by atoms with E-state index in [0.29, 0.717) is 5.56 Å². The van der Waals surface area contributed by atoms with Gasteiger partial charge in [-0.1, -0.05) is 30.3 Å². The lowest BCUT2D eigenvalue weighted by molar-refractivity contribution is -0.384. The Hall–Kier alpha value is -3.19. The lowest BCUT2D eigenvalue weighted by atomic mass is 10.1. The molecule has 0 fully saturated rings. The third kappa shape index (κ3) is 3.73. The van der Waals surface area contributed by atoms with E-state index in [1.54, 1.807) is 12.1 Å². The van der Waals surface area contributed by atoms with Crippen molar-refractivity contribution in [2.75, 3.05) is 6.54 Å². The molecular weight excluding hydrogens is 334 g/mol. The number of nitrogens with one attached hydrogen (secondary N) is 1. The summed E-state index contributed by atoms with van der Waals surface area (Å²) in [5, 5.41) is 24.7. The zero-order chi connectivity index (χ0) is 18.7. The number of aromatic nitrogens is 1. The van der Waals surface area contributed by atoms with Gasteiger partial charge in [0.2, 0.25) is 5.91 Å². The van der Waals surface area contributed by atoms with Crippen LogP contribution >= 0.6 is 0 Å². The number of carbonyl (C=O) groups excluding carboxylic acids is 1. The van der Waals surface area contributed by atoms with Crippen LogP contribution in [0.4, 0.5) is 5.69 Å². The van der Waals surface area contributed by atoms with E-state index >= 15 is 0 Å². The Bertz CT molecular complexity index is 947. The predicted octanol–water partition coefficient (Wildman–Crippen LogP) is 2.48. The highest BCUT2D eigenvalue weighted by Crippen LogP contribution is 2.25. The van der Waals surface area contributed by atoms with Crippen molar-refractivity contribution in [3.63, 3.8) is 0 Å². The molecule has 2 aromatic carbocycles. The molecule has 1 unspecified atom stereocenters. The molecule has 0 saturated carbocycles. The first-order valence-electron chi connectivity index (χ1n) is 8.18. The Morgan fingerprint density at radius 1 is 1.23 bits per heavy atom. The Labute approximate surface area is 150 Å². The van der Waals surface area contributed by atoms with Crippen LogP contribution in [-0.2, 0) is 18.3 Å². The second-order valence-electron chi connectivity index (χ2n) is 6.13. The number of rotatable bonds is 6. The molecule has 0 saturated heterocycles. The quantitative estimate of drug-likeness (QED) is 0.525. The highest BCUT2D eigenvalue weighted by atomic mass is 16.6. The molecule has 0 spiro atoms. The molecule has 26 heavy (non-hydrogen) atoms. The third-order valence-corrected chi connectivity index (χ3v) is 4.29. The number of nitrogens with zero attached hydrogens (tertiary/aromatic N) is 2. The lowest BCUT2D eigenvalue weighted by Crippen LogP contribution is -2.29. The maximum absolute atomic E-state index is 12.1. The molecule has 7 heteroatoms. The highest BCUT2D eigenvalue weighted by molar-refractivity contribution is 5.84. The van der Waals surface area contributed by atoms with Gasteiger partial charge in [-0.3, -0.25) is 14.9 Å². The van der Waals surface area contributed by atoms with Crippen LogP contribution < -0.4 is 5.32 Å². The minimum atomic E-state index is -0.818. The summed E-state index contributed by atoms with van der Waals surface area (Å²) >= 11 is 0. The van der Waals surface area contributed by atoms with Crippen molar-refractivity contribution >= 4 is 22.5 Å². The number of hydrogen-bond acceptors (Lipinski definition) is 4. The molecule has 3 rings (SSSR count). The average molecular weight is 353 g/mol. The van der Waals surface area contributed by atoms with Gasteiger partial charge >= 0.3 is 0 Å². The molecule has 1 heterocycles. The number of non-ortho nitro benzene ring substituents is 1. The number of aliphatic hydroxyl groups excluding tert-OH is 1. The van der Waals surface area contributed by atoms with Crippen molar-refractivity contribution in [3.05, 3.63) is 76.0 Å². The Morgan fingerprint density at radius 2 is 1.92 bits per heavy atom. The normalized spacial score (nSPS) is 12.1. The van der Waals surface area contributed by atoms with Gasteiger partial charge < -0.3 is 15.0 Å². The van der Waals surface area contributed by atoms with E-state index in [0.717, 1.165) is 16.5 Å². The first-order chi connectivity index (χ1) is 12.5. The van der Waals surface area contributed by atoms with E-state index in [9.17, 15) is 20.0 Å². The van der Waals surface area contributed by atoms with E-state index < -0.39 is 11.0 Å². The number of nitro benzene ring substituents is 1. The smallest absolute Gasteiger partial charge is 0.269 e. The van der Waals surface area contributed by atoms with E-state index in [2.05, 4.69) is 5.32 Å². The van der Waals surface area contributed by atoms with Crippen molar-refractivity contribution in [1.29, 1.82) is 0 Å². The van der Waals surface area contributed by atoms with Crippen LogP contribution in [0.1, 0.15) is 17.2 Å². The van der Waals surface area contributed by atoms with Crippen LogP contribution in [0.15, 0.2) is 54.7 Å². The first-order valence-corrected chi connectivity index (χ1v) is 8.18. The second-order valence-corrected chi connectivity index (χ2v) is 6.13. The molecule has 0 bridgehead atoms. The maximum atomic E-state index is 12.1. The van der Waals surface area contributed by atoms with E-state index in [1.165, 1.54) is 12.1 Å². The Morgan fingerprint density at radius 3 is 2.62 bits per heavy atom. The van der Waals surface area contributed by atoms with Crippen LogP contribution in [-0.4, -0.2) is 27.0 Å². The summed E-state index contributed by atoms with van der Waals surface area (Å²) in [5.74, 6) is -0.252. The van der Waals surface area contributed by atoms with Crippen molar-refractivity contribution in [2.45, 2.75) is 12.5 Å².